The third-order valence-electron chi connectivity index (χ3n) is 1.96. The topological polar surface area (TPSA) is 37.3 Å². The number of rotatable bonds is 7. The Morgan fingerprint density at radius 3 is 2.50 bits per heavy atom. The van der Waals surface area contributed by atoms with Gasteiger partial charge in [0.25, 0.3) is 0 Å². The van der Waals surface area contributed by atoms with E-state index in [1.165, 1.54) is 0 Å². The summed E-state index contributed by atoms with van der Waals surface area (Å²) in [7, 11) is 0. The molecule has 1 atom stereocenters. The molecule has 1 N–H and O–H groups in total. The molecule has 0 rings (SSSR count). The molecule has 0 aliphatic rings. The molecule has 0 aromatic carbocycles. The molecular formula is C9H17IO2. The van der Waals surface area contributed by atoms with E-state index in [2.05, 4.69) is 29.5 Å². The molecule has 0 aromatic heterocycles. The van der Waals surface area contributed by atoms with Crippen molar-refractivity contribution in [3.05, 3.63) is 0 Å². The minimum absolute atomic E-state index is 0.103. The van der Waals surface area contributed by atoms with Crippen molar-refractivity contribution in [2.75, 3.05) is 4.43 Å². The molecule has 0 radical (unpaired) electrons. The van der Waals surface area contributed by atoms with Crippen LogP contribution in [0.1, 0.15) is 39.0 Å². The average molecular weight is 284 g/mol. The van der Waals surface area contributed by atoms with Gasteiger partial charge in [-0.2, -0.15) is 0 Å². The van der Waals surface area contributed by atoms with Crippen LogP contribution in [0, 0.1) is 5.92 Å². The molecule has 0 aromatic rings. The first-order chi connectivity index (χ1) is 5.72. The number of alkyl halides is 1. The Morgan fingerprint density at radius 2 is 2.08 bits per heavy atom. The Bertz CT molecular complexity index is 126. The fourth-order valence-electron chi connectivity index (χ4n) is 1.16. The summed E-state index contributed by atoms with van der Waals surface area (Å²) < 4.78 is 0.945. The van der Waals surface area contributed by atoms with Crippen molar-refractivity contribution in [3.8, 4) is 0 Å². The predicted molar refractivity (Wildman–Crippen MR) is 58.8 cm³/mol. The molecule has 0 amide bonds. The van der Waals surface area contributed by atoms with Crippen LogP contribution < -0.4 is 0 Å². The molecule has 12 heavy (non-hydrogen) atoms. The quantitative estimate of drug-likeness (QED) is 0.443. The van der Waals surface area contributed by atoms with Gasteiger partial charge in [-0.3, -0.25) is 4.79 Å². The van der Waals surface area contributed by atoms with Gasteiger partial charge in [-0.05, 0) is 12.8 Å². The lowest BCUT2D eigenvalue weighted by Gasteiger charge is -2.09. The van der Waals surface area contributed by atoms with E-state index in [9.17, 15) is 4.79 Å². The third-order valence-corrected chi connectivity index (χ3v) is 2.59. The van der Waals surface area contributed by atoms with Crippen molar-refractivity contribution in [3.63, 3.8) is 0 Å². The molecule has 0 aliphatic heterocycles. The van der Waals surface area contributed by atoms with Gasteiger partial charge in [0.05, 0.1) is 5.92 Å². The second-order valence-corrected chi connectivity index (χ2v) is 4.09. The maximum atomic E-state index is 10.7. The summed E-state index contributed by atoms with van der Waals surface area (Å²) in [6, 6.07) is 0. The van der Waals surface area contributed by atoms with E-state index in [1.807, 2.05) is 0 Å². The number of carboxylic acids is 1. The van der Waals surface area contributed by atoms with Crippen LogP contribution in [0.15, 0.2) is 0 Å². The lowest BCUT2D eigenvalue weighted by atomic mass is 9.99. The number of carbonyl (C=O) groups is 1. The van der Waals surface area contributed by atoms with Crippen molar-refractivity contribution in [1.29, 1.82) is 0 Å². The highest BCUT2D eigenvalue weighted by Crippen LogP contribution is 2.15. The van der Waals surface area contributed by atoms with Crippen molar-refractivity contribution in [2.24, 2.45) is 5.92 Å². The van der Waals surface area contributed by atoms with Gasteiger partial charge in [-0.1, -0.05) is 48.8 Å². The zero-order valence-corrected chi connectivity index (χ0v) is 9.71. The Balaban J connectivity index is 3.56. The summed E-state index contributed by atoms with van der Waals surface area (Å²) in [6.07, 6.45) is 5.05. The van der Waals surface area contributed by atoms with Gasteiger partial charge in [0.1, 0.15) is 0 Å². The van der Waals surface area contributed by atoms with Crippen molar-refractivity contribution >= 4 is 28.6 Å². The summed E-state index contributed by atoms with van der Waals surface area (Å²) in [5.74, 6) is -0.726. The zero-order valence-electron chi connectivity index (χ0n) is 7.55. The molecule has 0 bridgehead atoms. The molecule has 0 spiro atoms. The first kappa shape index (κ1) is 12.2. The molecule has 0 fully saturated rings. The highest BCUT2D eigenvalue weighted by molar-refractivity contribution is 14.1. The van der Waals surface area contributed by atoms with Crippen LogP contribution in [0.5, 0.6) is 0 Å². The molecule has 0 heterocycles. The SMILES string of the molecule is CCCCCC(CCI)C(=O)O. The number of hydrogen-bond donors (Lipinski definition) is 1. The lowest BCUT2D eigenvalue weighted by molar-refractivity contribution is -0.142. The molecule has 0 aliphatic carbocycles. The van der Waals surface area contributed by atoms with Crippen LogP contribution in [0.4, 0.5) is 0 Å². The normalized spacial score (nSPS) is 12.8. The molecule has 1 unspecified atom stereocenters. The van der Waals surface area contributed by atoms with Crippen LogP contribution in [-0.2, 0) is 4.79 Å². The number of halogens is 1. The summed E-state index contributed by atoms with van der Waals surface area (Å²) >= 11 is 2.23. The maximum Gasteiger partial charge on any atom is 0.306 e. The smallest absolute Gasteiger partial charge is 0.306 e. The molecule has 3 heteroatoms. The van der Waals surface area contributed by atoms with Crippen LogP contribution in [0.3, 0.4) is 0 Å². The van der Waals surface area contributed by atoms with Gasteiger partial charge in [0.15, 0.2) is 0 Å². The van der Waals surface area contributed by atoms with Crippen molar-refractivity contribution in [2.45, 2.75) is 39.0 Å². The van der Waals surface area contributed by atoms with Gasteiger partial charge in [-0.25, -0.2) is 0 Å². The van der Waals surface area contributed by atoms with Gasteiger partial charge < -0.3 is 5.11 Å². The molecule has 0 saturated heterocycles. The number of aliphatic carboxylic acids is 1. The number of hydrogen-bond acceptors (Lipinski definition) is 1. The second kappa shape index (κ2) is 7.83. The molecule has 72 valence electrons. The van der Waals surface area contributed by atoms with Crippen LogP contribution in [0.2, 0.25) is 0 Å². The fourth-order valence-corrected chi connectivity index (χ4v) is 1.92. The summed E-state index contributed by atoms with van der Waals surface area (Å²) in [5, 5.41) is 8.80. The number of carboxylic acid groups (broad SMARTS) is 1. The molecular weight excluding hydrogens is 267 g/mol. The van der Waals surface area contributed by atoms with Gasteiger partial charge >= 0.3 is 5.97 Å². The number of unbranched alkanes of at least 4 members (excludes halogenated alkanes) is 2. The summed E-state index contributed by atoms with van der Waals surface area (Å²) in [6.45, 7) is 2.13. The average Bonchev–Trinajstić information content (AvgIpc) is 2.03. The van der Waals surface area contributed by atoms with E-state index in [-0.39, 0.29) is 5.92 Å². The molecule has 2 nitrogen and oxygen atoms in total. The van der Waals surface area contributed by atoms with Crippen molar-refractivity contribution < 1.29 is 9.90 Å². The standard InChI is InChI=1S/C9H17IO2/c1-2-3-4-5-8(6-7-10)9(11)12/h8H,2-7H2,1H3,(H,11,12). The van der Waals surface area contributed by atoms with E-state index in [0.29, 0.717) is 0 Å². The fraction of sp³-hybridized carbons (Fsp3) is 0.889. The molecule has 0 saturated carbocycles. The summed E-state index contributed by atoms with van der Waals surface area (Å²) in [5.41, 5.74) is 0. The monoisotopic (exact) mass is 284 g/mol. The first-order valence-electron chi connectivity index (χ1n) is 4.51. The highest BCUT2D eigenvalue weighted by Gasteiger charge is 2.15. The van der Waals surface area contributed by atoms with Crippen LogP contribution >= 0.6 is 22.6 Å². The van der Waals surface area contributed by atoms with Crippen LogP contribution in [-0.4, -0.2) is 15.5 Å². The van der Waals surface area contributed by atoms with Gasteiger partial charge in [-0.15, -0.1) is 0 Å². The largest absolute Gasteiger partial charge is 0.481 e. The predicted octanol–water partition coefficient (Wildman–Crippen LogP) is 3.09. The highest BCUT2D eigenvalue weighted by atomic mass is 127. The van der Waals surface area contributed by atoms with E-state index in [1.54, 1.807) is 0 Å². The van der Waals surface area contributed by atoms with E-state index < -0.39 is 5.97 Å². The Kier molecular flexibility index (Phi) is 7.96. The lowest BCUT2D eigenvalue weighted by Crippen LogP contribution is -2.13. The second-order valence-electron chi connectivity index (χ2n) is 3.01. The third kappa shape index (κ3) is 5.80. The van der Waals surface area contributed by atoms with E-state index in [0.717, 1.165) is 36.5 Å². The maximum absolute atomic E-state index is 10.7. The first-order valence-corrected chi connectivity index (χ1v) is 6.03. The van der Waals surface area contributed by atoms with E-state index in [4.69, 9.17) is 5.11 Å². The minimum Gasteiger partial charge on any atom is -0.481 e. The van der Waals surface area contributed by atoms with Crippen molar-refractivity contribution in [1.82, 2.24) is 0 Å². The van der Waals surface area contributed by atoms with Gasteiger partial charge in [0, 0.05) is 4.43 Å². The van der Waals surface area contributed by atoms with Crippen LogP contribution in [0.25, 0.3) is 0 Å². The van der Waals surface area contributed by atoms with Gasteiger partial charge in [0.2, 0.25) is 0 Å². The zero-order chi connectivity index (χ0) is 9.40. The summed E-state index contributed by atoms with van der Waals surface area (Å²) in [4.78, 5) is 10.7. The Morgan fingerprint density at radius 1 is 1.42 bits per heavy atom. The minimum atomic E-state index is -0.622. The Labute approximate surface area is 87.9 Å². The Hall–Kier alpha value is 0.200. The van der Waals surface area contributed by atoms with E-state index >= 15 is 0 Å².